The molecule has 3 nitrogen and oxygen atoms in total. The summed E-state index contributed by atoms with van der Waals surface area (Å²) < 4.78 is 0.238. The molecule has 0 aromatic carbocycles. The number of hydrogen-bond acceptors (Lipinski definition) is 4. The van der Waals surface area contributed by atoms with Crippen LogP contribution in [0.2, 0.25) is 0 Å². The molecule has 4 heteroatoms. The number of nitrogens with zero attached hydrogens (tertiary/aromatic N) is 3. The third-order valence-corrected chi connectivity index (χ3v) is 4.55. The monoisotopic (exact) mass is 279 g/mol. The molecule has 1 aliphatic heterocycles. The maximum Gasteiger partial charge on any atom is 0.128 e. The van der Waals surface area contributed by atoms with E-state index < -0.39 is 0 Å². The Hall–Kier alpha value is -0.740. The molecule has 1 aromatic heterocycles. The largest absolute Gasteiger partial charge is 0.354 e. The van der Waals surface area contributed by atoms with Crippen molar-refractivity contribution < 1.29 is 0 Å². The summed E-state index contributed by atoms with van der Waals surface area (Å²) in [5, 5.41) is 0. The van der Waals surface area contributed by atoms with Gasteiger partial charge in [-0.2, -0.15) is 0 Å². The summed E-state index contributed by atoms with van der Waals surface area (Å²) in [6, 6.07) is 2.24. The molecule has 0 saturated carbocycles. The van der Waals surface area contributed by atoms with E-state index in [1.165, 1.54) is 10.5 Å². The van der Waals surface area contributed by atoms with Crippen LogP contribution in [0.4, 0.5) is 5.82 Å². The van der Waals surface area contributed by atoms with E-state index in [-0.39, 0.29) is 4.75 Å². The first-order chi connectivity index (χ1) is 8.85. The number of pyridine rings is 1. The summed E-state index contributed by atoms with van der Waals surface area (Å²) in [6.07, 6.45) is 2.04. The molecule has 0 aliphatic carbocycles. The first-order valence-corrected chi connectivity index (χ1v) is 7.76. The van der Waals surface area contributed by atoms with Crippen LogP contribution in [-0.2, 0) is 0 Å². The summed E-state index contributed by atoms with van der Waals surface area (Å²) in [5.41, 5.74) is 1.34. The Morgan fingerprint density at radius 3 is 2.32 bits per heavy atom. The Bertz CT molecular complexity index is 432. The van der Waals surface area contributed by atoms with Crippen LogP contribution in [0.1, 0.15) is 26.3 Å². The van der Waals surface area contributed by atoms with E-state index in [9.17, 15) is 0 Å². The molecular formula is C15H25N3S. The van der Waals surface area contributed by atoms with Gasteiger partial charge < -0.3 is 9.80 Å². The van der Waals surface area contributed by atoms with E-state index in [2.05, 4.69) is 55.6 Å². The van der Waals surface area contributed by atoms with Gasteiger partial charge in [-0.15, -0.1) is 11.8 Å². The number of aromatic nitrogens is 1. The van der Waals surface area contributed by atoms with Crippen LogP contribution in [-0.4, -0.2) is 47.9 Å². The van der Waals surface area contributed by atoms with Gasteiger partial charge in [-0.3, -0.25) is 0 Å². The van der Waals surface area contributed by atoms with E-state index in [1.54, 1.807) is 0 Å². The van der Waals surface area contributed by atoms with E-state index in [0.717, 1.165) is 32.0 Å². The van der Waals surface area contributed by atoms with Gasteiger partial charge in [-0.25, -0.2) is 4.98 Å². The van der Waals surface area contributed by atoms with Gasteiger partial charge in [0.1, 0.15) is 5.82 Å². The minimum atomic E-state index is 0.238. The summed E-state index contributed by atoms with van der Waals surface area (Å²) in [6.45, 7) is 13.3. The Balaban J connectivity index is 2.10. The minimum absolute atomic E-state index is 0.238. The van der Waals surface area contributed by atoms with Gasteiger partial charge in [0.2, 0.25) is 0 Å². The van der Waals surface area contributed by atoms with Crippen molar-refractivity contribution in [2.45, 2.75) is 37.3 Å². The van der Waals surface area contributed by atoms with Crippen LogP contribution in [0.5, 0.6) is 0 Å². The Morgan fingerprint density at radius 1 is 1.16 bits per heavy atom. The molecule has 0 spiro atoms. The number of rotatable bonds is 2. The Morgan fingerprint density at radius 2 is 1.79 bits per heavy atom. The fourth-order valence-electron chi connectivity index (χ4n) is 2.17. The molecule has 0 unspecified atom stereocenters. The van der Waals surface area contributed by atoms with Crippen LogP contribution in [0, 0.1) is 6.92 Å². The van der Waals surface area contributed by atoms with Gasteiger partial charge in [0.25, 0.3) is 0 Å². The highest BCUT2D eigenvalue weighted by Gasteiger charge is 2.18. The van der Waals surface area contributed by atoms with Crippen LogP contribution in [0.25, 0.3) is 0 Å². The molecule has 0 radical (unpaired) electrons. The number of thioether (sulfide) groups is 1. The van der Waals surface area contributed by atoms with Crippen molar-refractivity contribution in [2.24, 2.45) is 0 Å². The molecule has 1 aliphatic rings. The lowest BCUT2D eigenvalue weighted by atomic mass is 10.2. The second-order valence-electron chi connectivity index (χ2n) is 6.31. The van der Waals surface area contributed by atoms with Crippen molar-refractivity contribution in [3.05, 3.63) is 17.8 Å². The lowest BCUT2D eigenvalue weighted by Crippen LogP contribution is -2.44. The van der Waals surface area contributed by atoms with Gasteiger partial charge in [0.05, 0.1) is 0 Å². The lowest BCUT2D eigenvalue weighted by molar-refractivity contribution is 0.312. The molecule has 1 aromatic rings. The predicted octanol–water partition coefficient (Wildman–Crippen LogP) is 3.03. The van der Waals surface area contributed by atoms with Crippen LogP contribution < -0.4 is 4.90 Å². The number of aryl methyl sites for hydroxylation is 1. The fourth-order valence-corrected chi connectivity index (χ4v) is 3.16. The first kappa shape index (κ1) is 14.7. The van der Waals surface area contributed by atoms with E-state index in [4.69, 9.17) is 0 Å². The molecule has 2 heterocycles. The van der Waals surface area contributed by atoms with Gasteiger partial charge in [-0.1, -0.05) is 20.8 Å². The van der Waals surface area contributed by atoms with Crippen molar-refractivity contribution in [1.29, 1.82) is 0 Å². The van der Waals surface area contributed by atoms with E-state index in [1.807, 2.05) is 18.0 Å². The van der Waals surface area contributed by atoms with Crippen LogP contribution in [0.15, 0.2) is 17.2 Å². The van der Waals surface area contributed by atoms with Crippen LogP contribution >= 0.6 is 11.8 Å². The van der Waals surface area contributed by atoms with Crippen LogP contribution in [0.3, 0.4) is 0 Å². The summed E-state index contributed by atoms with van der Waals surface area (Å²) >= 11 is 1.89. The Labute approximate surface area is 121 Å². The van der Waals surface area contributed by atoms with Crippen molar-refractivity contribution in [1.82, 2.24) is 9.88 Å². The second-order valence-corrected chi connectivity index (χ2v) is 8.18. The standard InChI is InChI=1S/C15H25N3S/c1-12-10-14(18-8-6-17(5)7-9-18)16-11-13(12)19-15(2,3)4/h10-11H,6-9H2,1-5H3. The minimum Gasteiger partial charge on any atom is -0.354 e. The number of piperazine rings is 1. The summed E-state index contributed by atoms with van der Waals surface area (Å²) in [7, 11) is 2.18. The fraction of sp³-hybridized carbons (Fsp3) is 0.667. The van der Waals surface area contributed by atoms with Gasteiger partial charge in [0, 0.05) is 42.0 Å². The van der Waals surface area contributed by atoms with E-state index >= 15 is 0 Å². The SMILES string of the molecule is Cc1cc(N2CCN(C)CC2)ncc1SC(C)(C)C. The number of hydrogen-bond donors (Lipinski definition) is 0. The number of anilines is 1. The molecule has 0 bridgehead atoms. The van der Waals surface area contributed by atoms with Crippen molar-refractivity contribution in [3.63, 3.8) is 0 Å². The quantitative estimate of drug-likeness (QED) is 0.775. The molecule has 0 N–H and O–H groups in total. The second kappa shape index (κ2) is 5.71. The first-order valence-electron chi connectivity index (χ1n) is 6.94. The average Bonchev–Trinajstić information content (AvgIpc) is 2.31. The Kier molecular flexibility index (Phi) is 4.41. The molecule has 2 rings (SSSR count). The highest BCUT2D eigenvalue weighted by molar-refractivity contribution is 8.00. The molecule has 1 fully saturated rings. The highest BCUT2D eigenvalue weighted by atomic mass is 32.2. The smallest absolute Gasteiger partial charge is 0.128 e. The summed E-state index contributed by atoms with van der Waals surface area (Å²) in [5.74, 6) is 1.13. The highest BCUT2D eigenvalue weighted by Crippen LogP contribution is 2.34. The zero-order valence-corrected chi connectivity index (χ0v) is 13.5. The number of likely N-dealkylation sites (N-methyl/N-ethyl adjacent to an activating group) is 1. The maximum absolute atomic E-state index is 4.66. The van der Waals surface area contributed by atoms with Crippen molar-refractivity contribution >= 4 is 17.6 Å². The van der Waals surface area contributed by atoms with Gasteiger partial charge in [-0.05, 0) is 25.6 Å². The normalized spacial score (nSPS) is 17.8. The van der Waals surface area contributed by atoms with E-state index in [0.29, 0.717) is 0 Å². The molecule has 1 saturated heterocycles. The topological polar surface area (TPSA) is 19.4 Å². The van der Waals surface area contributed by atoms with Gasteiger partial charge in [0.15, 0.2) is 0 Å². The zero-order valence-electron chi connectivity index (χ0n) is 12.7. The molecule has 0 amide bonds. The molecule has 19 heavy (non-hydrogen) atoms. The zero-order chi connectivity index (χ0) is 14.0. The summed E-state index contributed by atoms with van der Waals surface area (Å²) in [4.78, 5) is 10.7. The molecular weight excluding hydrogens is 254 g/mol. The predicted molar refractivity (Wildman–Crippen MR) is 84.3 cm³/mol. The van der Waals surface area contributed by atoms with Crippen molar-refractivity contribution in [3.8, 4) is 0 Å². The molecule has 0 atom stereocenters. The van der Waals surface area contributed by atoms with Gasteiger partial charge >= 0.3 is 0 Å². The third kappa shape index (κ3) is 4.11. The molecule has 106 valence electrons. The average molecular weight is 279 g/mol. The third-order valence-electron chi connectivity index (χ3n) is 3.29. The van der Waals surface area contributed by atoms with Crippen molar-refractivity contribution in [2.75, 3.05) is 38.1 Å². The maximum atomic E-state index is 4.66. The lowest BCUT2D eigenvalue weighted by Gasteiger charge is -2.33.